The number of allylic oxidation sites excluding steroid dienone is 4. The topological polar surface area (TPSA) is 9.23 Å². The Labute approximate surface area is 78.4 Å². The van der Waals surface area contributed by atoms with Gasteiger partial charge in [0.05, 0.1) is 6.61 Å². The van der Waals surface area contributed by atoms with Crippen LogP contribution in [0.4, 0.5) is 0 Å². The first kappa shape index (κ1) is 9.56. The molecule has 0 spiro atoms. The van der Waals surface area contributed by atoms with Crippen LogP contribution >= 0.6 is 11.6 Å². The minimum absolute atomic E-state index is 0.636. The van der Waals surface area contributed by atoms with E-state index in [9.17, 15) is 0 Å². The highest BCUT2D eigenvalue weighted by Crippen LogP contribution is 2.20. The molecule has 0 amide bonds. The van der Waals surface area contributed by atoms with Gasteiger partial charge in [0.25, 0.3) is 0 Å². The predicted octanol–water partition coefficient (Wildman–Crippen LogP) is 3.03. The van der Waals surface area contributed by atoms with Gasteiger partial charge in [-0.15, -0.1) is 0 Å². The van der Waals surface area contributed by atoms with Gasteiger partial charge in [0.1, 0.15) is 0 Å². The molecule has 2 heteroatoms. The largest absolute Gasteiger partial charge is 0.380 e. The van der Waals surface area contributed by atoms with E-state index < -0.39 is 0 Å². The van der Waals surface area contributed by atoms with E-state index in [0.29, 0.717) is 6.61 Å². The minimum Gasteiger partial charge on any atom is -0.380 e. The van der Waals surface area contributed by atoms with Crippen molar-refractivity contribution in [2.24, 2.45) is 0 Å². The SMILES string of the molecule is COCC1=CCC=C(C)C(Cl)=C1. The van der Waals surface area contributed by atoms with Crippen molar-refractivity contribution >= 4 is 11.6 Å². The van der Waals surface area contributed by atoms with Crippen molar-refractivity contribution in [3.63, 3.8) is 0 Å². The molecule has 0 atom stereocenters. The van der Waals surface area contributed by atoms with Gasteiger partial charge in [-0.05, 0) is 30.6 Å². The van der Waals surface area contributed by atoms with E-state index >= 15 is 0 Å². The molecule has 1 nitrogen and oxygen atoms in total. The zero-order valence-corrected chi connectivity index (χ0v) is 8.19. The van der Waals surface area contributed by atoms with Crippen LogP contribution in [0.3, 0.4) is 0 Å². The van der Waals surface area contributed by atoms with Gasteiger partial charge in [0.2, 0.25) is 0 Å². The molecule has 1 rings (SSSR count). The second-order valence-electron chi connectivity index (χ2n) is 2.83. The molecule has 0 aromatic heterocycles. The molecule has 12 heavy (non-hydrogen) atoms. The Balaban J connectivity index is 2.76. The smallest absolute Gasteiger partial charge is 0.0710 e. The lowest BCUT2D eigenvalue weighted by Gasteiger charge is -1.99. The van der Waals surface area contributed by atoms with E-state index in [4.69, 9.17) is 16.3 Å². The van der Waals surface area contributed by atoms with Crippen molar-refractivity contribution in [2.45, 2.75) is 13.3 Å². The molecule has 0 heterocycles. The highest BCUT2D eigenvalue weighted by molar-refractivity contribution is 6.32. The first-order valence-corrected chi connectivity index (χ1v) is 4.34. The highest BCUT2D eigenvalue weighted by Gasteiger charge is 2.01. The van der Waals surface area contributed by atoms with E-state index in [2.05, 4.69) is 12.2 Å². The summed E-state index contributed by atoms with van der Waals surface area (Å²) in [6, 6.07) is 0. The van der Waals surface area contributed by atoms with Crippen LogP contribution < -0.4 is 0 Å². The first-order chi connectivity index (χ1) is 5.74. The van der Waals surface area contributed by atoms with Crippen LogP contribution in [0.25, 0.3) is 0 Å². The fourth-order valence-corrected chi connectivity index (χ4v) is 1.30. The number of hydrogen-bond donors (Lipinski definition) is 0. The van der Waals surface area contributed by atoms with Gasteiger partial charge < -0.3 is 4.74 Å². The van der Waals surface area contributed by atoms with E-state index in [0.717, 1.165) is 22.6 Å². The lowest BCUT2D eigenvalue weighted by Crippen LogP contribution is -1.90. The second-order valence-corrected chi connectivity index (χ2v) is 3.23. The predicted molar refractivity (Wildman–Crippen MR) is 52.3 cm³/mol. The fourth-order valence-electron chi connectivity index (χ4n) is 1.09. The molecule has 0 aromatic carbocycles. The van der Waals surface area contributed by atoms with Crippen LogP contribution in [0.5, 0.6) is 0 Å². The van der Waals surface area contributed by atoms with Crippen LogP contribution in [-0.2, 0) is 4.74 Å². The standard InChI is InChI=1S/C10H13ClO/c1-8-4-3-5-9(7-12-2)6-10(8)11/h4-6H,3,7H2,1-2H3. The van der Waals surface area contributed by atoms with E-state index in [-0.39, 0.29) is 0 Å². The van der Waals surface area contributed by atoms with Crippen molar-refractivity contribution in [3.05, 3.63) is 34.4 Å². The van der Waals surface area contributed by atoms with Crippen molar-refractivity contribution < 1.29 is 4.74 Å². The minimum atomic E-state index is 0.636. The van der Waals surface area contributed by atoms with Crippen molar-refractivity contribution in [1.82, 2.24) is 0 Å². The molecule has 66 valence electrons. The van der Waals surface area contributed by atoms with Crippen LogP contribution in [0.1, 0.15) is 13.3 Å². The second kappa shape index (κ2) is 4.48. The number of methoxy groups -OCH3 is 1. The average Bonchev–Trinajstić information content (AvgIpc) is 2.16. The maximum absolute atomic E-state index is 6.00. The Morgan fingerprint density at radius 2 is 2.25 bits per heavy atom. The summed E-state index contributed by atoms with van der Waals surface area (Å²) in [5.74, 6) is 0. The molecule has 0 bridgehead atoms. The van der Waals surface area contributed by atoms with Gasteiger partial charge in [0.15, 0.2) is 0 Å². The fraction of sp³-hybridized carbons (Fsp3) is 0.400. The zero-order valence-electron chi connectivity index (χ0n) is 7.43. The van der Waals surface area contributed by atoms with Gasteiger partial charge in [-0.25, -0.2) is 0 Å². The summed E-state index contributed by atoms with van der Waals surface area (Å²) in [7, 11) is 1.69. The van der Waals surface area contributed by atoms with Gasteiger partial charge >= 0.3 is 0 Å². The summed E-state index contributed by atoms with van der Waals surface area (Å²) in [6.45, 7) is 2.65. The van der Waals surface area contributed by atoms with Crippen molar-refractivity contribution in [1.29, 1.82) is 0 Å². The summed E-state index contributed by atoms with van der Waals surface area (Å²) in [5, 5.41) is 0.816. The molecular formula is C10H13ClO. The van der Waals surface area contributed by atoms with E-state index in [1.165, 1.54) is 0 Å². The quantitative estimate of drug-likeness (QED) is 0.641. The van der Waals surface area contributed by atoms with Crippen LogP contribution in [-0.4, -0.2) is 13.7 Å². The maximum Gasteiger partial charge on any atom is 0.0710 e. The lowest BCUT2D eigenvalue weighted by molar-refractivity contribution is 0.228. The molecule has 0 unspecified atom stereocenters. The third kappa shape index (κ3) is 2.50. The van der Waals surface area contributed by atoms with Crippen molar-refractivity contribution in [3.8, 4) is 0 Å². The third-order valence-corrected chi connectivity index (χ3v) is 2.21. The number of rotatable bonds is 2. The monoisotopic (exact) mass is 184 g/mol. The number of ether oxygens (including phenoxy) is 1. The summed E-state index contributed by atoms with van der Waals surface area (Å²) >= 11 is 6.00. The van der Waals surface area contributed by atoms with E-state index in [1.54, 1.807) is 7.11 Å². The van der Waals surface area contributed by atoms with Gasteiger partial charge in [-0.1, -0.05) is 23.8 Å². The Hall–Kier alpha value is -0.530. The molecule has 0 N–H and O–H groups in total. The molecule has 0 fully saturated rings. The Bertz CT molecular complexity index is 249. The van der Waals surface area contributed by atoms with Gasteiger partial charge in [0, 0.05) is 12.1 Å². The lowest BCUT2D eigenvalue weighted by atomic mass is 10.2. The van der Waals surface area contributed by atoms with Crippen LogP contribution in [0.15, 0.2) is 34.4 Å². The normalized spacial score (nSPS) is 17.8. The summed E-state index contributed by atoms with van der Waals surface area (Å²) in [5.41, 5.74) is 2.29. The molecule has 0 saturated heterocycles. The summed E-state index contributed by atoms with van der Waals surface area (Å²) in [6.07, 6.45) is 7.14. The summed E-state index contributed by atoms with van der Waals surface area (Å²) < 4.78 is 5.03. The zero-order chi connectivity index (χ0) is 8.97. The number of halogens is 1. The van der Waals surface area contributed by atoms with E-state index in [1.807, 2.05) is 13.0 Å². The third-order valence-electron chi connectivity index (χ3n) is 1.80. The molecule has 1 aliphatic rings. The molecule has 0 saturated carbocycles. The average molecular weight is 185 g/mol. The van der Waals surface area contributed by atoms with Crippen LogP contribution in [0.2, 0.25) is 0 Å². The molecular weight excluding hydrogens is 172 g/mol. The Morgan fingerprint density at radius 3 is 2.92 bits per heavy atom. The molecule has 0 radical (unpaired) electrons. The summed E-state index contributed by atoms with van der Waals surface area (Å²) in [4.78, 5) is 0. The maximum atomic E-state index is 6.00. The van der Waals surface area contributed by atoms with Gasteiger partial charge in [-0.2, -0.15) is 0 Å². The van der Waals surface area contributed by atoms with Crippen molar-refractivity contribution in [2.75, 3.05) is 13.7 Å². The molecule has 0 aliphatic heterocycles. The van der Waals surface area contributed by atoms with Crippen LogP contribution in [0, 0.1) is 0 Å². The first-order valence-electron chi connectivity index (χ1n) is 3.96. The number of hydrogen-bond acceptors (Lipinski definition) is 1. The molecule has 1 aliphatic carbocycles. The highest BCUT2D eigenvalue weighted by atomic mass is 35.5. The molecule has 0 aromatic rings. The Morgan fingerprint density at radius 1 is 1.50 bits per heavy atom. The Kier molecular flexibility index (Phi) is 3.57. The van der Waals surface area contributed by atoms with Gasteiger partial charge in [-0.3, -0.25) is 0 Å².